The van der Waals surface area contributed by atoms with Gasteiger partial charge in [-0.2, -0.15) is 0 Å². The molecule has 18 heavy (non-hydrogen) atoms. The summed E-state index contributed by atoms with van der Waals surface area (Å²) in [4.78, 5) is 23.1. The fraction of sp³-hybridized carbons (Fsp3) is 0.273. The third kappa shape index (κ3) is 3.69. The lowest BCUT2D eigenvalue weighted by Gasteiger charge is -2.14. The lowest BCUT2D eigenvalue weighted by Crippen LogP contribution is -2.44. The van der Waals surface area contributed by atoms with E-state index in [4.69, 9.17) is 16.7 Å². The van der Waals surface area contributed by atoms with E-state index in [0.29, 0.717) is 4.47 Å². The van der Waals surface area contributed by atoms with E-state index in [0.717, 1.165) is 0 Å². The topological polar surface area (TPSA) is 75.6 Å². The minimum atomic E-state index is -1.11. The van der Waals surface area contributed by atoms with Crippen molar-refractivity contribution in [3.63, 3.8) is 0 Å². The SMILES string of the molecule is COC(=O)[C@H](CO)NC(=O)c1cc(Br)ccc1Cl. The second-order valence-electron chi connectivity index (χ2n) is 3.36. The Bertz CT molecular complexity index is 466. The molecule has 0 aliphatic heterocycles. The molecule has 2 N–H and O–H groups in total. The van der Waals surface area contributed by atoms with Gasteiger partial charge in [0.1, 0.15) is 0 Å². The van der Waals surface area contributed by atoms with Gasteiger partial charge in [-0.05, 0) is 18.2 Å². The predicted octanol–water partition coefficient (Wildman–Crippen LogP) is 1.37. The number of aliphatic hydroxyl groups is 1. The maximum atomic E-state index is 11.9. The van der Waals surface area contributed by atoms with Crippen molar-refractivity contribution in [3.05, 3.63) is 33.3 Å². The van der Waals surface area contributed by atoms with Crippen molar-refractivity contribution in [2.75, 3.05) is 13.7 Å². The Morgan fingerprint density at radius 1 is 1.56 bits per heavy atom. The number of rotatable bonds is 4. The highest BCUT2D eigenvalue weighted by Gasteiger charge is 2.22. The lowest BCUT2D eigenvalue weighted by molar-refractivity contribution is -0.143. The Morgan fingerprint density at radius 3 is 2.78 bits per heavy atom. The van der Waals surface area contributed by atoms with Gasteiger partial charge in [0.2, 0.25) is 0 Å². The Kier molecular flexibility index (Phi) is 5.58. The molecule has 0 spiro atoms. The fourth-order valence-electron chi connectivity index (χ4n) is 1.23. The minimum Gasteiger partial charge on any atom is -0.467 e. The van der Waals surface area contributed by atoms with Gasteiger partial charge in [0.25, 0.3) is 5.91 Å². The molecular formula is C11H11BrClNO4. The number of nitrogens with one attached hydrogen (secondary N) is 1. The molecule has 5 nitrogen and oxygen atoms in total. The second-order valence-corrected chi connectivity index (χ2v) is 4.68. The predicted molar refractivity (Wildman–Crippen MR) is 69.5 cm³/mol. The molecule has 1 rings (SSSR count). The molecule has 0 unspecified atom stereocenters. The van der Waals surface area contributed by atoms with Crippen LogP contribution in [0.3, 0.4) is 0 Å². The number of halogens is 2. The van der Waals surface area contributed by atoms with E-state index in [1.54, 1.807) is 12.1 Å². The standard InChI is InChI=1S/C11H11BrClNO4/c1-18-11(17)9(5-15)14-10(16)7-4-6(12)2-3-8(7)13/h2-4,9,15H,5H2,1H3,(H,14,16)/t9-/m0/s1. The van der Waals surface area contributed by atoms with E-state index >= 15 is 0 Å². The van der Waals surface area contributed by atoms with Gasteiger partial charge in [-0.3, -0.25) is 4.79 Å². The van der Waals surface area contributed by atoms with Crippen molar-refractivity contribution in [2.24, 2.45) is 0 Å². The number of hydrogen-bond donors (Lipinski definition) is 2. The van der Waals surface area contributed by atoms with Crippen LogP contribution in [-0.2, 0) is 9.53 Å². The van der Waals surface area contributed by atoms with Crippen LogP contribution in [0.1, 0.15) is 10.4 Å². The van der Waals surface area contributed by atoms with Crippen LogP contribution >= 0.6 is 27.5 Å². The Balaban J connectivity index is 2.87. The maximum Gasteiger partial charge on any atom is 0.330 e. The van der Waals surface area contributed by atoms with Crippen LogP contribution in [0.4, 0.5) is 0 Å². The minimum absolute atomic E-state index is 0.202. The molecule has 0 radical (unpaired) electrons. The third-order valence-corrected chi connectivity index (χ3v) is 2.97. The van der Waals surface area contributed by atoms with E-state index in [1.807, 2.05) is 0 Å². The molecule has 0 aliphatic rings. The molecule has 0 heterocycles. The van der Waals surface area contributed by atoms with Crippen molar-refractivity contribution in [3.8, 4) is 0 Å². The molecule has 1 atom stereocenters. The highest BCUT2D eigenvalue weighted by atomic mass is 79.9. The molecule has 7 heteroatoms. The van der Waals surface area contributed by atoms with E-state index in [9.17, 15) is 9.59 Å². The lowest BCUT2D eigenvalue weighted by atomic mass is 10.2. The van der Waals surface area contributed by atoms with Crippen LogP contribution in [0, 0.1) is 0 Å². The molecule has 98 valence electrons. The van der Waals surface area contributed by atoms with Crippen molar-refractivity contribution in [2.45, 2.75) is 6.04 Å². The van der Waals surface area contributed by atoms with Gasteiger partial charge in [-0.1, -0.05) is 27.5 Å². The summed E-state index contributed by atoms with van der Waals surface area (Å²) in [6.07, 6.45) is 0. The second kappa shape index (κ2) is 6.72. The number of benzene rings is 1. The fourth-order valence-corrected chi connectivity index (χ4v) is 1.79. The van der Waals surface area contributed by atoms with Gasteiger partial charge in [0.15, 0.2) is 6.04 Å². The summed E-state index contributed by atoms with van der Waals surface area (Å²) in [5.74, 6) is -1.29. The van der Waals surface area contributed by atoms with Crippen LogP contribution in [0.5, 0.6) is 0 Å². The summed E-state index contributed by atoms with van der Waals surface area (Å²) >= 11 is 9.08. The van der Waals surface area contributed by atoms with Gasteiger partial charge in [0.05, 0.1) is 24.3 Å². The molecule has 0 aliphatic carbocycles. The normalized spacial score (nSPS) is 11.8. The number of hydrogen-bond acceptors (Lipinski definition) is 4. The Hall–Kier alpha value is -1.11. The zero-order chi connectivity index (χ0) is 13.7. The smallest absolute Gasteiger partial charge is 0.330 e. The zero-order valence-electron chi connectivity index (χ0n) is 9.44. The summed E-state index contributed by atoms with van der Waals surface area (Å²) in [6, 6.07) is 3.64. The Labute approximate surface area is 117 Å². The summed E-state index contributed by atoms with van der Waals surface area (Å²) in [5, 5.41) is 11.6. The van der Waals surface area contributed by atoms with Crippen molar-refractivity contribution in [1.82, 2.24) is 5.32 Å². The summed E-state index contributed by atoms with van der Waals surface area (Å²) in [6.45, 7) is -0.552. The van der Waals surface area contributed by atoms with E-state index in [2.05, 4.69) is 26.0 Å². The molecule has 1 aromatic rings. The summed E-state index contributed by atoms with van der Waals surface area (Å²) in [5.41, 5.74) is 0.202. The van der Waals surface area contributed by atoms with Crippen LogP contribution in [-0.4, -0.2) is 36.7 Å². The summed E-state index contributed by atoms with van der Waals surface area (Å²) < 4.78 is 5.11. The van der Waals surface area contributed by atoms with E-state index in [1.165, 1.54) is 13.2 Å². The van der Waals surface area contributed by atoms with Crippen LogP contribution in [0.15, 0.2) is 22.7 Å². The number of ether oxygens (including phenoxy) is 1. The van der Waals surface area contributed by atoms with Crippen LogP contribution in [0.25, 0.3) is 0 Å². The third-order valence-electron chi connectivity index (χ3n) is 2.15. The first-order valence-electron chi connectivity index (χ1n) is 4.94. The van der Waals surface area contributed by atoms with Crippen molar-refractivity contribution in [1.29, 1.82) is 0 Å². The van der Waals surface area contributed by atoms with Crippen molar-refractivity contribution < 1.29 is 19.4 Å². The number of esters is 1. The zero-order valence-corrected chi connectivity index (χ0v) is 11.8. The van der Waals surface area contributed by atoms with Gasteiger partial charge in [-0.15, -0.1) is 0 Å². The number of amides is 1. The first-order chi connectivity index (χ1) is 8.49. The molecule has 1 amide bonds. The number of aliphatic hydroxyl groups excluding tert-OH is 1. The van der Waals surface area contributed by atoms with Gasteiger partial charge in [0, 0.05) is 4.47 Å². The Morgan fingerprint density at radius 2 is 2.22 bits per heavy atom. The van der Waals surface area contributed by atoms with E-state index < -0.39 is 24.5 Å². The van der Waals surface area contributed by atoms with E-state index in [-0.39, 0.29) is 10.6 Å². The average Bonchev–Trinajstić information content (AvgIpc) is 2.37. The molecule has 0 saturated heterocycles. The molecule has 0 aromatic heterocycles. The molecule has 0 fully saturated rings. The number of carbonyl (C=O) groups is 2. The number of methoxy groups -OCH3 is 1. The highest BCUT2D eigenvalue weighted by Crippen LogP contribution is 2.20. The average molecular weight is 337 g/mol. The maximum absolute atomic E-state index is 11.9. The molecular weight excluding hydrogens is 325 g/mol. The molecule has 1 aromatic carbocycles. The summed E-state index contributed by atoms with van der Waals surface area (Å²) in [7, 11) is 1.17. The van der Waals surface area contributed by atoms with Crippen LogP contribution in [0.2, 0.25) is 5.02 Å². The first-order valence-corrected chi connectivity index (χ1v) is 6.11. The van der Waals surface area contributed by atoms with Crippen molar-refractivity contribution >= 4 is 39.4 Å². The van der Waals surface area contributed by atoms with Gasteiger partial charge >= 0.3 is 5.97 Å². The highest BCUT2D eigenvalue weighted by molar-refractivity contribution is 9.10. The van der Waals surface area contributed by atoms with Crippen LogP contribution < -0.4 is 5.32 Å². The molecule has 0 saturated carbocycles. The first kappa shape index (κ1) is 14.9. The monoisotopic (exact) mass is 335 g/mol. The quantitative estimate of drug-likeness (QED) is 0.814. The number of carbonyl (C=O) groups excluding carboxylic acids is 2. The van der Waals surface area contributed by atoms with Gasteiger partial charge < -0.3 is 15.2 Å². The van der Waals surface area contributed by atoms with Gasteiger partial charge in [-0.25, -0.2) is 4.79 Å². The largest absolute Gasteiger partial charge is 0.467 e. The molecule has 0 bridgehead atoms.